The van der Waals surface area contributed by atoms with Crippen LogP contribution in [0, 0.1) is 0 Å². The maximum atomic E-state index is 11.9. The molecule has 0 aliphatic rings. The molecule has 2 unspecified atom stereocenters. The second kappa shape index (κ2) is 8.67. The Bertz CT molecular complexity index is 429. The molecule has 4 nitrogen and oxygen atoms in total. The van der Waals surface area contributed by atoms with Crippen molar-refractivity contribution in [2.24, 2.45) is 0 Å². The molecule has 0 aromatic heterocycles. The van der Waals surface area contributed by atoms with Gasteiger partial charge < -0.3 is 15.4 Å². The van der Waals surface area contributed by atoms with Gasteiger partial charge >= 0.3 is 0 Å². The van der Waals surface area contributed by atoms with Crippen molar-refractivity contribution < 1.29 is 9.53 Å². The highest BCUT2D eigenvalue weighted by Crippen LogP contribution is 2.18. The van der Waals surface area contributed by atoms with Gasteiger partial charge in [0.05, 0.1) is 18.7 Å². The Hall–Kier alpha value is -1.55. The number of hydrogen-bond donors (Lipinski definition) is 2. The van der Waals surface area contributed by atoms with Crippen molar-refractivity contribution >= 4 is 5.91 Å². The van der Waals surface area contributed by atoms with Gasteiger partial charge in [-0.25, -0.2) is 0 Å². The maximum Gasteiger partial charge on any atom is 0.234 e. The highest BCUT2D eigenvalue weighted by molar-refractivity contribution is 5.78. The van der Waals surface area contributed by atoms with Gasteiger partial charge in [0.15, 0.2) is 0 Å². The van der Waals surface area contributed by atoms with Crippen LogP contribution >= 0.6 is 0 Å². The SMILES string of the molecule is CCC(C)NCC(=O)NC(C)c1ccc(OC(C)C)cc1. The maximum absolute atomic E-state index is 11.9. The number of carbonyl (C=O) groups is 1. The van der Waals surface area contributed by atoms with Crippen molar-refractivity contribution in [1.82, 2.24) is 10.6 Å². The minimum atomic E-state index is -0.00988. The first-order valence-electron chi connectivity index (χ1n) is 7.71. The van der Waals surface area contributed by atoms with Crippen molar-refractivity contribution in [3.8, 4) is 5.75 Å². The van der Waals surface area contributed by atoms with Gasteiger partial charge in [0.1, 0.15) is 5.75 Å². The second-order valence-corrected chi connectivity index (χ2v) is 5.72. The summed E-state index contributed by atoms with van der Waals surface area (Å²) in [5, 5.41) is 6.18. The molecule has 1 aromatic carbocycles. The number of nitrogens with one attached hydrogen (secondary N) is 2. The average molecular weight is 292 g/mol. The molecule has 21 heavy (non-hydrogen) atoms. The lowest BCUT2D eigenvalue weighted by atomic mass is 10.1. The molecule has 118 valence electrons. The molecule has 0 saturated carbocycles. The Balaban J connectivity index is 2.47. The highest BCUT2D eigenvalue weighted by atomic mass is 16.5. The molecule has 4 heteroatoms. The van der Waals surface area contributed by atoms with Gasteiger partial charge in [-0.3, -0.25) is 4.79 Å². The number of rotatable bonds is 8. The number of benzene rings is 1. The van der Waals surface area contributed by atoms with Crippen LogP contribution in [0.25, 0.3) is 0 Å². The summed E-state index contributed by atoms with van der Waals surface area (Å²) in [6.45, 7) is 10.5. The normalized spacial score (nSPS) is 13.8. The number of amides is 1. The van der Waals surface area contributed by atoms with E-state index in [0.29, 0.717) is 12.6 Å². The third kappa shape index (κ3) is 6.63. The third-order valence-corrected chi connectivity index (χ3v) is 3.35. The van der Waals surface area contributed by atoms with Gasteiger partial charge in [-0.05, 0) is 51.8 Å². The van der Waals surface area contributed by atoms with E-state index in [4.69, 9.17) is 4.74 Å². The van der Waals surface area contributed by atoms with Gasteiger partial charge in [0.2, 0.25) is 5.91 Å². The van der Waals surface area contributed by atoms with E-state index in [0.717, 1.165) is 17.7 Å². The van der Waals surface area contributed by atoms with Crippen molar-refractivity contribution in [2.75, 3.05) is 6.54 Å². The van der Waals surface area contributed by atoms with Crippen molar-refractivity contribution in [3.05, 3.63) is 29.8 Å². The molecular weight excluding hydrogens is 264 g/mol. The van der Waals surface area contributed by atoms with Gasteiger partial charge in [0.25, 0.3) is 0 Å². The molecule has 1 aromatic rings. The third-order valence-electron chi connectivity index (χ3n) is 3.35. The monoisotopic (exact) mass is 292 g/mol. The van der Waals surface area contributed by atoms with Gasteiger partial charge in [0, 0.05) is 6.04 Å². The van der Waals surface area contributed by atoms with Gasteiger partial charge in [-0.15, -0.1) is 0 Å². The zero-order valence-electron chi connectivity index (χ0n) is 13.8. The predicted molar refractivity (Wildman–Crippen MR) is 86.5 cm³/mol. The molecule has 1 amide bonds. The molecule has 0 aliphatic heterocycles. The molecule has 0 aliphatic carbocycles. The molecule has 0 heterocycles. The Labute approximate surface area is 128 Å². The van der Waals surface area contributed by atoms with Crippen LogP contribution in [0.2, 0.25) is 0 Å². The fourth-order valence-electron chi connectivity index (χ4n) is 1.89. The Morgan fingerprint density at radius 2 is 1.76 bits per heavy atom. The van der Waals surface area contributed by atoms with Crippen LogP contribution in [0.1, 0.15) is 52.6 Å². The predicted octanol–water partition coefficient (Wildman–Crippen LogP) is 3.04. The lowest BCUT2D eigenvalue weighted by Crippen LogP contribution is -2.38. The fourth-order valence-corrected chi connectivity index (χ4v) is 1.89. The van der Waals surface area contributed by atoms with Crippen LogP contribution in [0.15, 0.2) is 24.3 Å². The van der Waals surface area contributed by atoms with E-state index in [1.165, 1.54) is 0 Å². The molecule has 0 spiro atoms. The summed E-state index contributed by atoms with van der Waals surface area (Å²) in [5.74, 6) is 0.871. The van der Waals surface area contributed by atoms with E-state index in [1.807, 2.05) is 45.0 Å². The Morgan fingerprint density at radius 3 is 2.29 bits per heavy atom. The summed E-state index contributed by atoms with van der Waals surface area (Å²) in [6, 6.07) is 8.21. The van der Waals surface area contributed by atoms with Gasteiger partial charge in [-0.2, -0.15) is 0 Å². The van der Waals surface area contributed by atoms with E-state index in [1.54, 1.807) is 0 Å². The summed E-state index contributed by atoms with van der Waals surface area (Å²) in [5.41, 5.74) is 1.07. The van der Waals surface area contributed by atoms with Crippen LogP contribution in [0.3, 0.4) is 0 Å². The van der Waals surface area contributed by atoms with Crippen molar-refractivity contribution in [1.29, 1.82) is 0 Å². The first kappa shape index (κ1) is 17.5. The van der Waals surface area contributed by atoms with E-state index in [2.05, 4.69) is 24.5 Å². The van der Waals surface area contributed by atoms with Crippen LogP contribution in [-0.2, 0) is 4.79 Å². The average Bonchev–Trinajstić information content (AvgIpc) is 2.44. The number of carbonyl (C=O) groups excluding carboxylic acids is 1. The second-order valence-electron chi connectivity index (χ2n) is 5.72. The summed E-state index contributed by atoms with van der Waals surface area (Å²) in [6.07, 6.45) is 1.18. The van der Waals surface area contributed by atoms with Crippen LogP contribution in [0.4, 0.5) is 0 Å². The smallest absolute Gasteiger partial charge is 0.234 e. The molecule has 0 radical (unpaired) electrons. The summed E-state index contributed by atoms with van der Waals surface area (Å²) < 4.78 is 5.61. The number of hydrogen-bond acceptors (Lipinski definition) is 3. The highest BCUT2D eigenvalue weighted by Gasteiger charge is 2.10. The molecule has 2 N–H and O–H groups in total. The quantitative estimate of drug-likeness (QED) is 0.774. The summed E-state index contributed by atoms with van der Waals surface area (Å²) in [4.78, 5) is 11.9. The van der Waals surface area contributed by atoms with E-state index in [9.17, 15) is 4.79 Å². The minimum absolute atomic E-state index is 0.00988. The Morgan fingerprint density at radius 1 is 1.14 bits per heavy atom. The first-order valence-corrected chi connectivity index (χ1v) is 7.71. The Kier molecular flexibility index (Phi) is 7.23. The van der Waals surface area contributed by atoms with Crippen molar-refractivity contribution in [3.63, 3.8) is 0 Å². The summed E-state index contributed by atoms with van der Waals surface area (Å²) in [7, 11) is 0. The lowest BCUT2D eigenvalue weighted by molar-refractivity contribution is -0.121. The standard InChI is InChI=1S/C17H28N2O2/c1-6-13(4)18-11-17(20)19-14(5)15-7-9-16(10-8-15)21-12(2)3/h7-10,12-14,18H,6,11H2,1-5H3,(H,19,20). The molecule has 1 rings (SSSR count). The number of ether oxygens (including phenoxy) is 1. The molecule has 0 bridgehead atoms. The summed E-state index contributed by atoms with van der Waals surface area (Å²) >= 11 is 0. The fraction of sp³-hybridized carbons (Fsp3) is 0.588. The molecular formula is C17H28N2O2. The van der Waals surface area contributed by atoms with Gasteiger partial charge in [-0.1, -0.05) is 19.1 Å². The van der Waals surface area contributed by atoms with Crippen LogP contribution in [0.5, 0.6) is 5.75 Å². The van der Waals surface area contributed by atoms with Crippen molar-refractivity contribution in [2.45, 2.75) is 59.2 Å². The zero-order valence-corrected chi connectivity index (χ0v) is 13.8. The molecule has 0 saturated heterocycles. The molecule has 2 atom stereocenters. The largest absolute Gasteiger partial charge is 0.491 e. The van der Waals surface area contributed by atoms with Crippen LogP contribution in [-0.4, -0.2) is 24.6 Å². The topological polar surface area (TPSA) is 50.4 Å². The first-order chi connectivity index (χ1) is 9.92. The lowest BCUT2D eigenvalue weighted by Gasteiger charge is -2.17. The van der Waals surface area contributed by atoms with E-state index < -0.39 is 0 Å². The van der Waals surface area contributed by atoms with E-state index in [-0.39, 0.29) is 18.1 Å². The van der Waals surface area contributed by atoms with Crippen LogP contribution < -0.4 is 15.4 Å². The zero-order chi connectivity index (χ0) is 15.8. The van der Waals surface area contributed by atoms with E-state index >= 15 is 0 Å². The minimum Gasteiger partial charge on any atom is -0.491 e. The molecule has 0 fully saturated rings.